The van der Waals surface area contributed by atoms with Gasteiger partial charge in [-0.2, -0.15) is 0 Å². The van der Waals surface area contributed by atoms with Crippen molar-refractivity contribution in [2.75, 3.05) is 17.7 Å². The molecule has 0 unspecified atom stereocenters. The molecule has 4 heteroatoms. The monoisotopic (exact) mass is 255 g/mol. The van der Waals surface area contributed by atoms with Crippen LogP contribution < -0.4 is 10.6 Å². The van der Waals surface area contributed by atoms with E-state index in [-0.39, 0.29) is 5.91 Å². The average Bonchev–Trinajstić information content (AvgIpc) is 2.38. The molecule has 1 aromatic carbocycles. The fourth-order valence-electron chi connectivity index (χ4n) is 2.02. The van der Waals surface area contributed by atoms with Crippen LogP contribution in [0.5, 0.6) is 0 Å². The summed E-state index contributed by atoms with van der Waals surface area (Å²) in [5.41, 5.74) is 9.19. The summed E-state index contributed by atoms with van der Waals surface area (Å²) in [6.45, 7) is 4.02. The van der Waals surface area contributed by atoms with Gasteiger partial charge >= 0.3 is 0 Å². The van der Waals surface area contributed by atoms with E-state index in [2.05, 4.69) is 11.1 Å². The van der Waals surface area contributed by atoms with E-state index in [9.17, 15) is 4.79 Å². The van der Waals surface area contributed by atoms with Gasteiger partial charge in [-0.3, -0.25) is 4.79 Å². The van der Waals surface area contributed by atoms with E-state index in [4.69, 9.17) is 5.73 Å². The average molecular weight is 255 g/mol. The summed E-state index contributed by atoms with van der Waals surface area (Å²) in [5, 5.41) is 0. The highest BCUT2D eigenvalue weighted by Crippen LogP contribution is 2.21. The van der Waals surface area contributed by atoms with Gasteiger partial charge in [-0.25, -0.2) is 4.98 Å². The molecule has 0 fully saturated rings. The van der Waals surface area contributed by atoms with Gasteiger partial charge in [0.1, 0.15) is 5.82 Å². The minimum atomic E-state index is -0.0977. The number of nitrogens with two attached hydrogens (primary N) is 1. The molecule has 0 spiro atoms. The Morgan fingerprint density at radius 1 is 1.21 bits per heavy atom. The van der Waals surface area contributed by atoms with Crippen LogP contribution in [0.15, 0.2) is 36.5 Å². The van der Waals surface area contributed by atoms with Crippen LogP contribution in [0.4, 0.5) is 11.5 Å². The van der Waals surface area contributed by atoms with E-state index in [1.807, 2.05) is 26.0 Å². The third-order valence-corrected chi connectivity index (χ3v) is 3.05. The number of rotatable bonds is 2. The lowest BCUT2D eigenvalue weighted by Gasteiger charge is -2.20. The van der Waals surface area contributed by atoms with Crippen LogP contribution in [-0.2, 0) is 0 Å². The Kier molecular flexibility index (Phi) is 3.51. The van der Waals surface area contributed by atoms with Gasteiger partial charge in [0.25, 0.3) is 5.91 Å². The van der Waals surface area contributed by atoms with Crippen molar-refractivity contribution in [3.8, 4) is 0 Å². The summed E-state index contributed by atoms with van der Waals surface area (Å²) in [4.78, 5) is 17.9. The second kappa shape index (κ2) is 5.10. The maximum absolute atomic E-state index is 12.3. The number of amides is 1. The number of carbonyl (C=O) groups excluding carboxylic acids is 1. The Bertz CT molecular complexity index is 605. The molecule has 0 aliphatic rings. The van der Waals surface area contributed by atoms with E-state index < -0.39 is 0 Å². The lowest BCUT2D eigenvalue weighted by molar-refractivity contribution is 0.0992. The van der Waals surface area contributed by atoms with Crippen LogP contribution in [0.25, 0.3) is 0 Å². The minimum absolute atomic E-state index is 0.0977. The summed E-state index contributed by atoms with van der Waals surface area (Å²) in [6.07, 6.45) is 1.50. The van der Waals surface area contributed by atoms with Crippen molar-refractivity contribution < 1.29 is 4.79 Å². The molecular weight excluding hydrogens is 238 g/mol. The smallest absolute Gasteiger partial charge is 0.259 e. The highest BCUT2D eigenvalue weighted by molar-refractivity contribution is 6.06. The number of hydrogen-bond donors (Lipinski definition) is 1. The van der Waals surface area contributed by atoms with E-state index in [0.29, 0.717) is 11.4 Å². The zero-order valence-corrected chi connectivity index (χ0v) is 11.3. The second-order valence-electron chi connectivity index (χ2n) is 4.63. The van der Waals surface area contributed by atoms with Gasteiger partial charge in [0.15, 0.2) is 0 Å². The highest BCUT2D eigenvalue weighted by atomic mass is 16.2. The fourth-order valence-corrected chi connectivity index (χ4v) is 2.02. The molecule has 4 nitrogen and oxygen atoms in total. The third kappa shape index (κ3) is 2.73. The normalized spacial score (nSPS) is 10.3. The van der Waals surface area contributed by atoms with Crippen molar-refractivity contribution in [1.29, 1.82) is 0 Å². The second-order valence-corrected chi connectivity index (χ2v) is 4.63. The standard InChI is InChI=1S/C15H17N3O/c1-10-4-6-13(11(2)8-10)18(3)15(19)12-5-7-14(16)17-9-12/h4-9H,1-3H3,(H2,16,17). The summed E-state index contributed by atoms with van der Waals surface area (Å²) >= 11 is 0. The van der Waals surface area contributed by atoms with Gasteiger partial charge in [0, 0.05) is 18.9 Å². The molecule has 0 bridgehead atoms. The van der Waals surface area contributed by atoms with Gasteiger partial charge < -0.3 is 10.6 Å². The number of aromatic nitrogens is 1. The third-order valence-electron chi connectivity index (χ3n) is 3.05. The lowest BCUT2D eigenvalue weighted by atomic mass is 10.1. The number of nitrogen functional groups attached to an aromatic ring is 1. The molecular formula is C15H17N3O. The first-order chi connectivity index (χ1) is 8.99. The Balaban J connectivity index is 2.30. The molecule has 0 atom stereocenters. The molecule has 1 amide bonds. The summed E-state index contributed by atoms with van der Waals surface area (Å²) < 4.78 is 0. The van der Waals surface area contributed by atoms with E-state index in [1.54, 1.807) is 24.1 Å². The van der Waals surface area contributed by atoms with Crippen LogP contribution in [-0.4, -0.2) is 17.9 Å². The maximum atomic E-state index is 12.3. The first kappa shape index (κ1) is 13.1. The number of carbonyl (C=O) groups is 1. The van der Waals surface area contributed by atoms with E-state index in [1.165, 1.54) is 11.8 Å². The summed E-state index contributed by atoms with van der Waals surface area (Å²) in [7, 11) is 1.76. The molecule has 19 heavy (non-hydrogen) atoms. The molecule has 0 saturated carbocycles. The zero-order valence-electron chi connectivity index (χ0n) is 11.3. The van der Waals surface area contributed by atoms with Crippen LogP contribution in [0, 0.1) is 13.8 Å². The van der Waals surface area contributed by atoms with Crippen molar-refractivity contribution in [2.45, 2.75) is 13.8 Å². The molecule has 98 valence electrons. The number of benzene rings is 1. The quantitative estimate of drug-likeness (QED) is 0.897. The van der Waals surface area contributed by atoms with Crippen molar-refractivity contribution in [3.05, 3.63) is 53.2 Å². The Morgan fingerprint density at radius 3 is 2.53 bits per heavy atom. The Labute approximate surface area is 112 Å². The number of hydrogen-bond acceptors (Lipinski definition) is 3. The van der Waals surface area contributed by atoms with Gasteiger partial charge in [0.05, 0.1) is 5.56 Å². The lowest BCUT2D eigenvalue weighted by Crippen LogP contribution is -2.27. The predicted octanol–water partition coefficient (Wildman–Crippen LogP) is 2.56. The minimum Gasteiger partial charge on any atom is -0.384 e. The van der Waals surface area contributed by atoms with Crippen LogP contribution in [0.2, 0.25) is 0 Å². The van der Waals surface area contributed by atoms with E-state index >= 15 is 0 Å². The molecule has 1 heterocycles. The van der Waals surface area contributed by atoms with Gasteiger partial charge in [-0.1, -0.05) is 17.7 Å². The number of pyridine rings is 1. The van der Waals surface area contributed by atoms with Gasteiger partial charge in [0.2, 0.25) is 0 Å². The first-order valence-electron chi connectivity index (χ1n) is 6.06. The highest BCUT2D eigenvalue weighted by Gasteiger charge is 2.15. The first-order valence-corrected chi connectivity index (χ1v) is 6.06. The molecule has 2 N–H and O–H groups in total. The summed E-state index contributed by atoms with van der Waals surface area (Å²) in [6, 6.07) is 9.31. The topological polar surface area (TPSA) is 59.2 Å². The molecule has 0 saturated heterocycles. The largest absolute Gasteiger partial charge is 0.384 e. The van der Waals surface area contributed by atoms with Gasteiger partial charge in [-0.15, -0.1) is 0 Å². The molecule has 0 aliphatic heterocycles. The number of aryl methyl sites for hydroxylation is 2. The zero-order chi connectivity index (χ0) is 14.0. The van der Waals surface area contributed by atoms with Crippen LogP contribution >= 0.6 is 0 Å². The predicted molar refractivity (Wildman–Crippen MR) is 77.3 cm³/mol. The maximum Gasteiger partial charge on any atom is 0.259 e. The number of anilines is 2. The van der Waals surface area contributed by atoms with Crippen molar-refractivity contribution in [1.82, 2.24) is 4.98 Å². The SMILES string of the molecule is Cc1ccc(N(C)C(=O)c2ccc(N)nc2)c(C)c1. The Hall–Kier alpha value is -2.36. The molecule has 2 aromatic rings. The van der Waals surface area contributed by atoms with Crippen LogP contribution in [0.3, 0.4) is 0 Å². The van der Waals surface area contributed by atoms with Gasteiger partial charge in [-0.05, 0) is 37.6 Å². The fraction of sp³-hybridized carbons (Fsp3) is 0.200. The van der Waals surface area contributed by atoms with E-state index in [0.717, 1.165) is 11.3 Å². The molecule has 0 radical (unpaired) electrons. The van der Waals surface area contributed by atoms with Crippen molar-refractivity contribution in [2.24, 2.45) is 0 Å². The molecule has 0 aliphatic carbocycles. The van der Waals surface area contributed by atoms with Crippen LogP contribution in [0.1, 0.15) is 21.5 Å². The Morgan fingerprint density at radius 2 is 1.95 bits per heavy atom. The molecule has 1 aromatic heterocycles. The number of nitrogens with zero attached hydrogens (tertiary/aromatic N) is 2. The summed E-state index contributed by atoms with van der Waals surface area (Å²) in [5.74, 6) is 0.310. The van der Waals surface area contributed by atoms with Crippen molar-refractivity contribution >= 4 is 17.4 Å². The molecule has 2 rings (SSSR count). The van der Waals surface area contributed by atoms with Crippen molar-refractivity contribution in [3.63, 3.8) is 0 Å².